The second kappa shape index (κ2) is 12.0. The lowest BCUT2D eigenvalue weighted by molar-refractivity contribution is -0.134. The van der Waals surface area contributed by atoms with Gasteiger partial charge in [0.2, 0.25) is 0 Å². The van der Waals surface area contributed by atoms with Crippen molar-refractivity contribution in [3.05, 3.63) is 72.3 Å². The highest BCUT2D eigenvalue weighted by molar-refractivity contribution is 7.99. The highest BCUT2D eigenvalue weighted by atomic mass is 32.2. The van der Waals surface area contributed by atoms with Gasteiger partial charge in [-0.25, -0.2) is 9.59 Å². The molecule has 0 spiro atoms. The van der Waals surface area contributed by atoms with Gasteiger partial charge in [-0.2, -0.15) is 0 Å². The Morgan fingerprint density at radius 2 is 1.43 bits per heavy atom. The molecule has 0 radical (unpaired) electrons. The van der Waals surface area contributed by atoms with Gasteiger partial charge in [0.25, 0.3) is 0 Å². The van der Waals surface area contributed by atoms with Gasteiger partial charge in [-0.3, -0.25) is 4.90 Å². The Labute approximate surface area is 169 Å². The number of benzene rings is 2. The smallest absolute Gasteiger partial charge is 0.328 e. The standard InChI is InChI=1S/C18H21NS.C4H4O4/c1-3-10-17(11-4-1)20-18-12-6-5-9-16(18)15-19-13-7-2-8-14-19;5-3(6)1-2-4(7)8/h1,3-6,9-12H,2,7-8,13-15H2;1-2H,(H,5,6)(H,7,8)/b;2-1+. The van der Waals surface area contributed by atoms with Crippen LogP contribution in [0.25, 0.3) is 0 Å². The predicted molar refractivity (Wildman–Crippen MR) is 111 cm³/mol. The van der Waals surface area contributed by atoms with Crippen molar-refractivity contribution in [3.63, 3.8) is 0 Å². The van der Waals surface area contributed by atoms with Crippen LogP contribution in [0.5, 0.6) is 0 Å². The molecule has 1 aliphatic heterocycles. The van der Waals surface area contributed by atoms with E-state index in [1.807, 2.05) is 11.8 Å². The number of nitrogens with zero attached hydrogens (tertiary/aromatic N) is 1. The fourth-order valence-corrected chi connectivity index (χ4v) is 3.81. The molecule has 0 aromatic heterocycles. The highest BCUT2D eigenvalue weighted by Crippen LogP contribution is 2.31. The Kier molecular flexibility index (Phi) is 9.31. The van der Waals surface area contributed by atoms with E-state index in [2.05, 4.69) is 59.5 Å². The minimum atomic E-state index is -1.26. The highest BCUT2D eigenvalue weighted by Gasteiger charge is 2.12. The van der Waals surface area contributed by atoms with Crippen molar-refractivity contribution in [1.82, 2.24) is 4.90 Å². The van der Waals surface area contributed by atoms with Crippen LogP contribution in [0.15, 0.2) is 76.5 Å². The number of carboxylic acid groups (broad SMARTS) is 2. The number of rotatable bonds is 6. The number of hydrogen-bond acceptors (Lipinski definition) is 4. The van der Waals surface area contributed by atoms with Crippen LogP contribution >= 0.6 is 11.8 Å². The van der Waals surface area contributed by atoms with Crippen LogP contribution in [-0.4, -0.2) is 40.1 Å². The lowest BCUT2D eigenvalue weighted by Crippen LogP contribution is -2.29. The van der Waals surface area contributed by atoms with Crippen molar-refractivity contribution < 1.29 is 19.8 Å². The van der Waals surface area contributed by atoms with E-state index in [-0.39, 0.29) is 0 Å². The van der Waals surface area contributed by atoms with Crippen LogP contribution in [0.4, 0.5) is 0 Å². The summed E-state index contributed by atoms with van der Waals surface area (Å²) in [6.07, 6.45) is 5.23. The third-order valence-electron chi connectivity index (χ3n) is 4.15. The van der Waals surface area contributed by atoms with Crippen molar-refractivity contribution in [2.45, 2.75) is 35.6 Å². The normalized spacial score (nSPS) is 14.3. The average Bonchev–Trinajstić information content (AvgIpc) is 2.70. The van der Waals surface area contributed by atoms with Crippen molar-refractivity contribution in [1.29, 1.82) is 0 Å². The Bertz CT molecular complexity index is 770. The predicted octanol–water partition coefficient (Wildman–Crippen LogP) is 4.54. The van der Waals surface area contributed by atoms with Crippen LogP contribution in [0.3, 0.4) is 0 Å². The zero-order valence-corrected chi connectivity index (χ0v) is 16.5. The summed E-state index contributed by atoms with van der Waals surface area (Å²) in [6.45, 7) is 3.60. The van der Waals surface area contributed by atoms with E-state index in [4.69, 9.17) is 10.2 Å². The van der Waals surface area contributed by atoms with Gasteiger partial charge in [-0.1, -0.05) is 54.6 Å². The van der Waals surface area contributed by atoms with Gasteiger partial charge in [0, 0.05) is 28.5 Å². The van der Waals surface area contributed by atoms with Gasteiger partial charge >= 0.3 is 11.9 Å². The molecule has 0 aliphatic carbocycles. The quantitative estimate of drug-likeness (QED) is 0.695. The first-order valence-corrected chi connectivity index (χ1v) is 10.0. The summed E-state index contributed by atoms with van der Waals surface area (Å²) in [5.74, 6) is -2.51. The molecule has 148 valence electrons. The summed E-state index contributed by atoms with van der Waals surface area (Å²) < 4.78 is 0. The molecule has 1 heterocycles. The second-order valence-electron chi connectivity index (χ2n) is 6.37. The van der Waals surface area contributed by atoms with Crippen LogP contribution in [0.1, 0.15) is 24.8 Å². The Balaban J connectivity index is 0.000000300. The van der Waals surface area contributed by atoms with E-state index in [0.717, 1.165) is 6.54 Å². The number of aliphatic carboxylic acids is 2. The second-order valence-corrected chi connectivity index (χ2v) is 7.48. The molecule has 28 heavy (non-hydrogen) atoms. The fourth-order valence-electron chi connectivity index (χ4n) is 2.85. The molecule has 5 nitrogen and oxygen atoms in total. The van der Waals surface area contributed by atoms with Gasteiger partial charge in [0.1, 0.15) is 0 Å². The van der Waals surface area contributed by atoms with Crippen LogP contribution in [0.2, 0.25) is 0 Å². The molecule has 1 fully saturated rings. The summed E-state index contributed by atoms with van der Waals surface area (Å²) >= 11 is 1.88. The molecule has 0 amide bonds. The lowest BCUT2D eigenvalue weighted by Gasteiger charge is -2.27. The summed E-state index contributed by atoms with van der Waals surface area (Å²) in [5.41, 5.74) is 1.46. The van der Waals surface area contributed by atoms with Gasteiger partial charge in [0.15, 0.2) is 0 Å². The van der Waals surface area contributed by atoms with Gasteiger partial charge in [-0.05, 0) is 49.7 Å². The van der Waals surface area contributed by atoms with Crippen LogP contribution < -0.4 is 0 Å². The van der Waals surface area contributed by atoms with Gasteiger partial charge in [0.05, 0.1) is 0 Å². The molecule has 0 bridgehead atoms. The van der Waals surface area contributed by atoms with Crippen molar-refractivity contribution >= 4 is 23.7 Å². The molecule has 1 aliphatic rings. The average molecular weight is 400 g/mol. The maximum absolute atomic E-state index is 9.55. The number of piperidine rings is 1. The molecule has 1 saturated heterocycles. The molecule has 0 atom stereocenters. The van der Waals surface area contributed by atoms with E-state index in [9.17, 15) is 9.59 Å². The van der Waals surface area contributed by atoms with Gasteiger partial charge < -0.3 is 10.2 Å². The number of likely N-dealkylation sites (tertiary alicyclic amines) is 1. The molecule has 2 N–H and O–H groups in total. The molecule has 0 unspecified atom stereocenters. The van der Waals surface area contributed by atoms with Crippen molar-refractivity contribution in [2.75, 3.05) is 13.1 Å². The summed E-state index contributed by atoms with van der Waals surface area (Å²) in [4.78, 5) is 24.4. The summed E-state index contributed by atoms with van der Waals surface area (Å²) in [5, 5.41) is 15.6. The summed E-state index contributed by atoms with van der Waals surface area (Å²) in [6, 6.07) is 19.5. The third-order valence-corrected chi connectivity index (χ3v) is 5.28. The SMILES string of the molecule is O=C(O)/C=C/C(=O)O.c1ccc(Sc2ccccc2CN2CCCCC2)cc1. The first-order valence-electron chi connectivity index (χ1n) is 9.21. The Hall–Kier alpha value is -2.57. The zero-order chi connectivity index (χ0) is 20.2. The molecular weight excluding hydrogens is 374 g/mol. The van der Waals surface area contributed by atoms with E-state index in [1.165, 1.54) is 47.7 Å². The van der Waals surface area contributed by atoms with Crippen LogP contribution in [0, 0.1) is 0 Å². The minimum Gasteiger partial charge on any atom is -0.478 e. The van der Waals surface area contributed by atoms with E-state index in [0.29, 0.717) is 12.2 Å². The molecule has 6 heteroatoms. The van der Waals surface area contributed by atoms with E-state index < -0.39 is 11.9 Å². The topological polar surface area (TPSA) is 77.8 Å². The molecule has 2 aromatic carbocycles. The lowest BCUT2D eigenvalue weighted by atomic mass is 10.1. The Morgan fingerprint density at radius 1 is 0.857 bits per heavy atom. The Morgan fingerprint density at radius 3 is 2.04 bits per heavy atom. The largest absolute Gasteiger partial charge is 0.478 e. The molecule has 3 rings (SSSR count). The van der Waals surface area contributed by atoms with Crippen LogP contribution in [-0.2, 0) is 16.1 Å². The maximum Gasteiger partial charge on any atom is 0.328 e. The number of hydrogen-bond donors (Lipinski definition) is 2. The first kappa shape index (κ1) is 21.7. The number of carboxylic acids is 2. The molecular formula is C22H25NO4S. The molecule has 2 aromatic rings. The fraction of sp³-hybridized carbons (Fsp3) is 0.273. The van der Waals surface area contributed by atoms with Gasteiger partial charge in [-0.15, -0.1) is 0 Å². The van der Waals surface area contributed by atoms with E-state index >= 15 is 0 Å². The zero-order valence-electron chi connectivity index (χ0n) is 15.7. The number of carbonyl (C=O) groups is 2. The monoisotopic (exact) mass is 399 g/mol. The summed E-state index contributed by atoms with van der Waals surface area (Å²) in [7, 11) is 0. The van der Waals surface area contributed by atoms with Crippen molar-refractivity contribution in [2.24, 2.45) is 0 Å². The van der Waals surface area contributed by atoms with E-state index in [1.54, 1.807) is 0 Å². The first-order chi connectivity index (χ1) is 13.5. The minimum absolute atomic E-state index is 0.558. The maximum atomic E-state index is 9.55. The molecule has 0 saturated carbocycles. The van der Waals surface area contributed by atoms with Crippen molar-refractivity contribution in [3.8, 4) is 0 Å². The third kappa shape index (κ3) is 8.41.